The van der Waals surface area contributed by atoms with Crippen molar-refractivity contribution in [3.05, 3.63) is 0 Å². The zero-order valence-electron chi connectivity index (χ0n) is 3.41. The Hall–Kier alpha value is -0.950. The second-order valence-electron chi connectivity index (χ2n) is 0.250. The van der Waals surface area contributed by atoms with Crippen LogP contribution in [0.5, 0.6) is 0 Å². The highest BCUT2D eigenvalue weighted by atomic mass is 35.5. The van der Waals surface area contributed by atoms with Crippen LogP contribution in [0.2, 0.25) is 0 Å². The second-order valence-corrected chi connectivity index (χ2v) is 0.250. The lowest BCUT2D eigenvalue weighted by atomic mass is 11.6. The maximum absolute atomic E-state index is 5.62. The second kappa shape index (κ2) is 75.1. The number of nitrogens with one attached hydrogen (secondary N) is 4. The van der Waals surface area contributed by atoms with Gasteiger partial charge in [-0.3, -0.25) is 0 Å². The van der Waals surface area contributed by atoms with Crippen molar-refractivity contribution in [2.24, 2.45) is 0 Å². The molecule has 0 atom stereocenters. The molecule has 5 heteroatoms. The van der Waals surface area contributed by atoms with Crippen LogP contribution in [0.15, 0.2) is 0 Å². The van der Waals surface area contributed by atoms with Gasteiger partial charge in [-0.25, -0.2) is 21.6 Å². The Balaban J connectivity index is -0.0000000400. The minimum absolute atomic E-state index is 0. The molecule has 0 rings (SSSR count). The summed E-state index contributed by atoms with van der Waals surface area (Å²) in [7, 11) is 0. The van der Waals surface area contributed by atoms with Gasteiger partial charge in [-0.05, 0) is 0 Å². The lowest BCUT2D eigenvalue weighted by molar-refractivity contribution is 1.47. The molecule has 0 aliphatic rings. The zero-order chi connectivity index (χ0) is 5.41. The number of halogens is 1. The van der Waals surface area contributed by atoms with Crippen molar-refractivity contribution < 1.29 is 0 Å². The van der Waals surface area contributed by atoms with E-state index in [0.29, 0.717) is 0 Å². The molecule has 0 saturated heterocycles. The average molecular weight is 121 g/mol. The molecule has 4 nitrogen and oxygen atoms in total. The highest BCUT2D eigenvalue weighted by molar-refractivity contribution is 5.85. The third kappa shape index (κ3) is 52.1. The molecule has 0 aromatic heterocycles. The van der Waals surface area contributed by atoms with E-state index < -0.39 is 0 Å². The van der Waals surface area contributed by atoms with E-state index in [9.17, 15) is 0 Å². The zero-order valence-corrected chi connectivity index (χ0v) is 4.22. The molecule has 0 radical (unpaired) electrons. The maximum atomic E-state index is 5.62. The number of hydrogen-bond acceptors (Lipinski definition) is 4. The van der Waals surface area contributed by atoms with Gasteiger partial charge in [0.15, 0.2) is 0 Å². The third-order valence-corrected chi connectivity index (χ3v) is 0. The SMILES string of the molecule is Cl.N=C=N.N=C=N. The van der Waals surface area contributed by atoms with E-state index >= 15 is 0 Å². The smallest absolute Gasteiger partial charge is 0.0831 e. The molecule has 0 aromatic rings. The van der Waals surface area contributed by atoms with Crippen molar-refractivity contribution in [2.75, 3.05) is 0 Å². The molecule has 7 heavy (non-hydrogen) atoms. The van der Waals surface area contributed by atoms with Gasteiger partial charge in [-0.1, -0.05) is 0 Å². The largest absolute Gasteiger partial charge is 0.242 e. The van der Waals surface area contributed by atoms with Gasteiger partial charge in [0.2, 0.25) is 0 Å². The molecule has 0 unspecified atom stereocenters. The first kappa shape index (κ1) is 16.6. The number of hydrogen-bond donors (Lipinski definition) is 4. The first-order chi connectivity index (χ1) is 2.83. The highest BCUT2D eigenvalue weighted by Gasteiger charge is 0.937. The van der Waals surface area contributed by atoms with Crippen molar-refractivity contribution in [3.8, 4) is 0 Å². The molecule has 0 heterocycles. The van der Waals surface area contributed by atoms with Crippen LogP contribution < -0.4 is 0 Å². The Labute approximate surface area is 47.0 Å². The van der Waals surface area contributed by atoms with Crippen LogP contribution in [0, 0.1) is 21.6 Å². The molecule has 4 N–H and O–H groups in total. The maximum Gasteiger partial charge on any atom is 0.0831 e. The van der Waals surface area contributed by atoms with Crippen LogP contribution >= 0.6 is 12.4 Å². The van der Waals surface area contributed by atoms with Gasteiger partial charge in [-0.2, -0.15) is 0 Å². The topological polar surface area (TPSA) is 95.4 Å². The van der Waals surface area contributed by atoms with Crippen LogP contribution in [0.25, 0.3) is 0 Å². The molecule has 0 aliphatic carbocycles. The monoisotopic (exact) mass is 120 g/mol. The van der Waals surface area contributed by atoms with Gasteiger partial charge < -0.3 is 0 Å². The van der Waals surface area contributed by atoms with Gasteiger partial charge >= 0.3 is 0 Å². The lowest BCUT2D eigenvalue weighted by Gasteiger charge is -1.09. The average Bonchev–Trinajstić information content (AvgIpc) is 1.39. The van der Waals surface area contributed by atoms with E-state index in [1.165, 1.54) is 12.0 Å². The standard InChI is InChI=1S/2CH2N2.ClH/c2*2-1-3;/h2*2-3H;1H. The van der Waals surface area contributed by atoms with Gasteiger partial charge in [0.05, 0.1) is 12.0 Å². The van der Waals surface area contributed by atoms with E-state index in [1.54, 1.807) is 0 Å². The summed E-state index contributed by atoms with van der Waals surface area (Å²) in [6.45, 7) is 0. The van der Waals surface area contributed by atoms with E-state index in [0.717, 1.165) is 0 Å². The molecule has 0 saturated carbocycles. The van der Waals surface area contributed by atoms with Crippen molar-refractivity contribution in [3.63, 3.8) is 0 Å². The molecule has 0 amide bonds. The van der Waals surface area contributed by atoms with E-state index in [4.69, 9.17) is 21.6 Å². The summed E-state index contributed by atoms with van der Waals surface area (Å²) in [4.78, 5) is 0. The molecule has 0 bridgehead atoms. The van der Waals surface area contributed by atoms with Crippen LogP contribution in [0.3, 0.4) is 0 Å². The van der Waals surface area contributed by atoms with Gasteiger partial charge in [0.25, 0.3) is 0 Å². The summed E-state index contributed by atoms with van der Waals surface area (Å²) >= 11 is 0. The Kier molecular flexibility index (Phi) is 178. The van der Waals surface area contributed by atoms with Crippen LogP contribution in [-0.4, -0.2) is 12.0 Å². The van der Waals surface area contributed by atoms with Gasteiger partial charge in [0, 0.05) is 0 Å². The third-order valence-electron chi connectivity index (χ3n) is 0. The Morgan fingerprint density at radius 3 is 0.714 bits per heavy atom. The molecule has 0 aromatic carbocycles. The minimum atomic E-state index is 0. The van der Waals surface area contributed by atoms with Crippen molar-refractivity contribution in [2.45, 2.75) is 0 Å². The first-order valence-corrected chi connectivity index (χ1v) is 1.00. The molecule has 0 aliphatic heterocycles. The summed E-state index contributed by atoms with van der Waals surface area (Å²) in [6, 6.07) is 2.50. The molecular formula is C2H5ClN4. The van der Waals surface area contributed by atoms with Crippen LogP contribution in [0.4, 0.5) is 0 Å². The van der Waals surface area contributed by atoms with Gasteiger partial charge in [0.1, 0.15) is 0 Å². The quantitative estimate of drug-likeness (QED) is 0.344. The van der Waals surface area contributed by atoms with E-state index in [1.807, 2.05) is 0 Å². The fourth-order valence-electron chi connectivity index (χ4n) is 0. The van der Waals surface area contributed by atoms with E-state index in [-0.39, 0.29) is 12.4 Å². The summed E-state index contributed by atoms with van der Waals surface area (Å²) < 4.78 is 0. The predicted molar refractivity (Wildman–Crippen MR) is 28.1 cm³/mol. The Morgan fingerprint density at radius 2 is 0.714 bits per heavy atom. The van der Waals surface area contributed by atoms with Gasteiger partial charge in [-0.15, -0.1) is 12.4 Å². The minimum Gasteiger partial charge on any atom is -0.242 e. The summed E-state index contributed by atoms with van der Waals surface area (Å²) in [5.41, 5.74) is 0. The lowest BCUT2D eigenvalue weighted by Crippen LogP contribution is -1.11. The fourth-order valence-corrected chi connectivity index (χ4v) is 0. The molecule has 40 valence electrons. The first-order valence-electron chi connectivity index (χ1n) is 1.00. The predicted octanol–water partition coefficient (Wildman–Crippen LogP) is 1.06. The summed E-state index contributed by atoms with van der Waals surface area (Å²) in [5.74, 6) is 0. The fraction of sp³-hybridized carbons (Fsp3) is 0. The Bertz CT molecular complexity index is 63.7. The van der Waals surface area contributed by atoms with Crippen LogP contribution in [0.1, 0.15) is 0 Å². The summed E-state index contributed by atoms with van der Waals surface area (Å²) in [6.07, 6.45) is 0. The summed E-state index contributed by atoms with van der Waals surface area (Å²) in [5, 5.41) is 22.5. The van der Waals surface area contributed by atoms with Crippen LogP contribution in [-0.2, 0) is 0 Å². The number of rotatable bonds is 0. The van der Waals surface area contributed by atoms with Crippen molar-refractivity contribution in [1.29, 1.82) is 21.6 Å². The van der Waals surface area contributed by atoms with Crippen molar-refractivity contribution in [1.82, 2.24) is 0 Å². The Morgan fingerprint density at radius 1 is 0.714 bits per heavy atom. The molecule has 0 spiro atoms. The van der Waals surface area contributed by atoms with E-state index in [2.05, 4.69) is 0 Å². The molecular weight excluding hydrogens is 116 g/mol. The normalized spacial score (nSPS) is 2.29. The molecule has 0 fully saturated rings. The highest BCUT2D eigenvalue weighted by Crippen LogP contribution is 0.923. The van der Waals surface area contributed by atoms with Crippen molar-refractivity contribution >= 4 is 24.4 Å².